The molecular formula is C20H16Br2N4O3. The summed E-state index contributed by atoms with van der Waals surface area (Å²) >= 11 is 6.76. The van der Waals surface area contributed by atoms with Crippen LogP contribution in [0.25, 0.3) is 11.2 Å². The van der Waals surface area contributed by atoms with Gasteiger partial charge in [0.1, 0.15) is 5.75 Å². The van der Waals surface area contributed by atoms with Crippen molar-refractivity contribution in [3.63, 3.8) is 0 Å². The van der Waals surface area contributed by atoms with Gasteiger partial charge in [-0.3, -0.25) is 18.5 Å². The van der Waals surface area contributed by atoms with Crippen LogP contribution >= 0.6 is 31.9 Å². The highest BCUT2D eigenvalue weighted by atomic mass is 79.9. The predicted molar refractivity (Wildman–Crippen MR) is 118 cm³/mol. The minimum atomic E-state index is -0.432. The molecule has 2 heterocycles. The van der Waals surface area contributed by atoms with E-state index >= 15 is 0 Å². The minimum absolute atomic E-state index is 0.169. The highest BCUT2D eigenvalue weighted by Gasteiger charge is 2.19. The molecule has 0 spiro atoms. The molecule has 0 unspecified atom stereocenters. The fraction of sp³-hybridized carbons (Fsp3) is 0.150. The summed E-state index contributed by atoms with van der Waals surface area (Å²) in [6, 6.07) is 15.0. The van der Waals surface area contributed by atoms with E-state index in [1.807, 2.05) is 36.4 Å². The minimum Gasteiger partial charge on any atom is -0.425 e. The third-order valence-electron chi connectivity index (χ3n) is 4.60. The number of nitrogens with zero attached hydrogens (tertiary/aromatic N) is 4. The Kier molecular flexibility index (Phi) is 5.18. The Balaban J connectivity index is 1.82. The number of rotatable bonds is 4. The number of fused-ring (bicyclic) bond motifs is 1. The summed E-state index contributed by atoms with van der Waals surface area (Å²) in [5.41, 5.74) is 0.587. The van der Waals surface area contributed by atoms with E-state index in [2.05, 4.69) is 36.8 Å². The van der Waals surface area contributed by atoms with Gasteiger partial charge in [-0.2, -0.15) is 4.98 Å². The number of benzene rings is 2. The first-order valence-corrected chi connectivity index (χ1v) is 10.3. The maximum Gasteiger partial charge on any atom is 0.332 e. The van der Waals surface area contributed by atoms with Crippen LogP contribution in [0.15, 0.2) is 67.1 Å². The van der Waals surface area contributed by atoms with Crippen LogP contribution in [0, 0.1) is 0 Å². The number of imidazole rings is 1. The highest BCUT2D eigenvalue weighted by molar-refractivity contribution is 9.10. The van der Waals surface area contributed by atoms with E-state index in [-0.39, 0.29) is 18.2 Å². The van der Waals surface area contributed by atoms with Gasteiger partial charge in [0.15, 0.2) is 11.2 Å². The number of halogens is 2. The zero-order valence-corrected chi connectivity index (χ0v) is 18.8. The van der Waals surface area contributed by atoms with Gasteiger partial charge in [0, 0.05) is 23.0 Å². The molecule has 0 amide bonds. The zero-order chi connectivity index (χ0) is 20.7. The molecular weight excluding hydrogens is 504 g/mol. The molecule has 0 saturated heterocycles. The normalized spacial score (nSPS) is 11.2. The first kappa shape index (κ1) is 19.7. The molecule has 2 aromatic carbocycles. The standard InChI is InChI=1S/C20H16Br2N4O3/c1-24-16-17(23-19(24)29-15-9-7-14(22)8-10-15)25(2)20(28)26(18(16)27)11-12-3-5-13(21)6-4-12/h3-10H,11H2,1-2H3. The van der Waals surface area contributed by atoms with E-state index in [9.17, 15) is 9.59 Å². The number of ether oxygens (including phenoxy) is 1. The van der Waals surface area contributed by atoms with Crippen molar-refractivity contribution in [2.24, 2.45) is 14.1 Å². The number of aryl methyl sites for hydroxylation is 2. The summed E-state index contributed by atoms with van der Waals surface area (Å²) in [6.07, 6.45) is 0. The van der Waals surface area contributed by atoms with Crippen LogP contribution < -0.4 is 16.0 Å². The van der Waals surface area contributed by atoms with Crippen LogP contribution in [-0.2, 0) is 20.6 Å². The van der Waals surface area contributed by atoms with Gasteiger partial charge in [0.05, 0.1) is 6.54 Å². The van der Waals surface area contributed by atoms with Gasteiger partial charge in [-0.1, -0.05) is 44.0 Å². The van der Waals surface area contributed by atoms with Crippen molar-refractivity contribution in [1.29, 1.82) is 0 Å². The fourth-order valence-corrected chi connectivity index (χ4v) is 3.56. The first-order valence-electron chi connectivity index (χ1n) is 8.69. The molecule has 4 aromatic rings. The van der Waals surface area contributed by atoms with Gasteiger partial charge >= 0.3 is 11.7 Å². The maximum absolute atomic E-state index is 13.1. The average Bonchev–Trinajstić information content (AvgIpc) is 3.03. The Morgan fingerprint density at radius 3 is 2.10 bits per heavy atom. The van der Waals surface area contributed by atoms with Gasteiger partial charge in [0.2, 0.25) is 0 Å². The monoisotopic (exact) mass is 518 g/mol. The van der Waals surface area contributed by atoms with Crippen molar-refractivity contribution in [3.05, 3.63) is 83.9 Å². The topological polar surface area (TPSA) is 71.1 Å². The largest absolute Gasteiger partial charge is 0.425 e. The lowest BCUT2D eigenvalue weighted by atomic mass is 10.2. The Labute approximate surface area is 182 Å². The van der Waals surface area contributed by atoms with Crippen LogP contribution in [0.5, 0.6) is 11.8 Å². The van der Waals surface area contributed by atoms with Crippen molar-refractivity contribution in [2.75, 3.05) is 0 Å². The lowest BCUT2D eigenvalue weighted by Crippen LogP contribution is -2.39. The Morgan fingerprint density at radius 1 is 0.897 bits per heavy atom. The van der Waals surface area contributed by atoms with Gasteiger partial charge in [-0.15, -0.1) is 0 Å². The molecule has 0 fully saturated rings. The summed E-state index contributed by atoms with van der Waals surface area (Å²) in [5.74, 6) is 0.576. The van der Waals surface area contributed by atoms with Crippen LogP contribution in [0.1, 0.15) is 5.56 Å². The molecule has 0 aliphatic heterocycles. The molecule has 29 heavy (non-hydrogen) atoms. The summed E-state index contributed by atoms with van der Waals surface area (Å²) in [7, 11) is 3.29. The quantitative estimate of drug-likeness (QED) is 0.411. The van der Waals surface area contributed by atoms with Gasteiger partial charge in [-0.25, -0.2) is 4.79 Å². The molecule has 0 aliphatic rings. The molecule has 4 rings (SSSR count). The summed E-state index contributed by atoms with van der Waals surface area (Å²) in [4.78, 5) is 30.3. The van der Waals surface area contributed by atoms with Crippen LogP contribution in [-0.4, -0.2) is 18.7 Å². The van der Waals surface area contributed by atoms with Gasteiger partial charge < -0.3 is 4.74 Å². The fourth-order valence-electron chi connectivity index (χ4n) is 3.03. The van der Waals surface area contributed by atoms with E-state index in [1.54, 1.807) is 30.8 Å². The van der Waals surface area contributed by atoms with E-state index in [0.29, 0.717) is 11.3 Å². The zero-order valence-electron chi connectivity index (χ0n) is 15.6. The first-order chi connectivity index (χ1) is 13.8. The van der Waals surface area contributed by atoms with Crippen LogP contribution in [0.2, 0.25) is 0 Å². The van der Waals surface area contributed by atoms with E-state index in [1.165, 1.54) is 9.13 Å². The summed E-state index contributed by atoms with van der Waals surface area (Å²) in [5, 5.41) is 0. The lowest BCUT2D eigenvalue weighted by molar-refractivity contribution is 0.427. The molecule has 7 nitrogen and oxygen atoms in total. The third kappa shape index (κ3) is 3.67. The molecule has 148 valence electrons. The molecule has 0 aliphatic carbocycles. The van der Waals surface area contributed by atoms with Crippen LogP contribution in [0.4, 0.5) is 0 Å². The van der Waals surface area contributed by atoms with Crippen molar-refractivity contribution < 1.29 is 4.74 Å². The van der Waals surface area contributed by atoms with E-state index in [4.69, 9.17) is 4.74 Å². The highest BCUT2D eigenvalue weighted by Crippen LogP contribution is 2.24. The maximum atomic E-state index is 13.1. The lowest BCUT2D eigenvalue weighted by Gasteiger charge is -2.09. The Morgan fingerprint density at radius 2 is 1.48 bits per heavy atom. The molecule has 0 atom stereocenters. The second-order valence-corrected chi connectivity index (χ2v) is 8.37. The smallest absolute Gasteiger partial charge is 0.332 e. The Hall–Kier alpha value is -2.65. The van der Waals surface area contributed by atoms with Crippen LogP contribution in [0.3, 0.4) is 0 Å². The van der Waals surface area contributed by atoms with Gasteiger partial charge in [0.25, 0.3) is 5.56 Å². The van der Waals surface area contributed by atoms with Crippen molar-refractivity contribution in [2.45, 2.75) is 6.54 Å². The second kappa shape index (κ2) is 7.64. The Bertz CT molecular complexity index is 1320. The predicted octanol–water partition coefficient (Wildman–Crippen LogP) is 3.80. The SMILES string of the molecule is Cn1c(Oc2ccc(Br)cc2)nc2c1c(=O)n(Cc1ccc(Br)cc1)c(=O)n2C. The molecule has 0 saturated carbocycles. The van der Waals surface area contributed by atoms with E-state index < -0.39 is 11.2 Å². The van der Waals surface area contributed by atoms with Crippen molar-refractivity contribution in [3.8, 4) is 11.8 Å². The van der Waals surface area contributed by atoms with Crippen molar-refractivity contribution >= 4 is 43.0 Å². The number of aromatic nitrogens is 4. The second-order valence-electron chi connectivity index (χ2n) is 6.54. The number of hydrogen-bond acceptors (Lipinski definition) is 4. The van der Waals surface area contributed by atoms with Crippen molar-refractivity contribution in [1.82, 2.24) is 18.7 Å². The summed E-state index contributed by atoms with van der Waals surface area (Å²) in [6.45, 7) is 0.169. The number of hydrogen-bond donors (Lipinski definition) is 0. The van der Waals surface area contributed by atoms with Gasteiger partial charge in [-0.05, 0) is 42.0 Å². The molecule has 0 N–H and O–H groups in total. The summed E-state index contributed by atoms with van der Waals surface area (Å²) < 4.78 is 11.8. The third-order valence-corrected chi connectivity index (χ3v) is 5.65. The molecule has 9 heteroatoms. The average molecular weight is 520 g/mol. The molecule has 0 radical (unpaired) electrons. The van der Waals surface area contributed by atoms with E-state index in [0.717, 1.165) is 14.5 Å². The molecule has 2 aromatic heterocycles. The molecule has 0 bridgehead atoms.